The van der Waals surface area contributed by atoms with Crippen LogP contribution in [0, 0.1) is 0 Å². The van der Waals surface area contributed by atoms with Crippen LogP contribution in [0.3, 0.4) is 0 Å². The van der Waals surface area contributed by atoms with E-state index in [1.807, 2.05) is 12.4 Å². The predicted octanol–water partition coefficient (Wildman–Crippen LogP) is 2.79. The van der Waals surface area contributed by atoms with Gasteiger partial charge >= 0.3 is 0 Å². The van der Waals surface area contributed by atoms with Crippen LogP contribution in [0.2, 0.25) is 0 Å². The maximum Gasteiger partial charge on any atom is 0.133 e. The van der Waals surface area contributed by atoms with Crippen molar-refractivity contribution in [3.05, 3.63) is 42.5 Å². The molecule has 0 unspecified atom stereocenters. The maximum atomic E-state index is 4.39. The molecule has 0 N–H and O–H groups in total. The Morgan fingerprint density at radius 3 is 2.23 bits per heavy atom. The van der Waals surface area contributed by atoms with Crippen LogP contribution in [0.5, 0.6) is 0 Å². The molecule has 0 fully saturated rings. The molecule has 0 aliphatic carbocycles. The molecule has 5 nitrogen and oxygen atoms in total. The largest absolute Gasteiger partial charge is 0.360 e. The number of nitrogens with zero attached hydrogens (tertiary/aromatic N) is 5. The lowest BCUT2D eigenvalue weighted by molar-refractivity contribution is 0.757. The highest BCUT2D eigenvalue weighted by Crippen LogP contribution is 2.16. The second-order valence-corrected chi connectivity index (χ2v) is 5.54. The van der Waals surface area contributed by atoms with Crippen LogP contribution in [0.25, 0.3) is 0 Å². The van der Waals surface area contributed by atoms with Gasteiger partial charge in [0, 0.05) is 45.6 Å². The van der Waals surface area contributed by atoms with Crippen molar-refractivity contribution in [3.8, 4) is 0 Å². The Morgan fingerprint density at radius 2 is 1.59 bits per heavy atom. The number of rotatable bonds is 8. The zero-order valence-corrected chi connectivity index (χ0v) is 13.7. The van der Waals surface area contributed by atoms with Crippen molar-refractivity contribution in [3.63, 3.8) is 0 Å². The molecule has 2 heterocycles. The Hall–Kier alpha value is -2.17. The fraction of sp³-hybridized carbons (Fsp3) is 0.471. The van der Waals surface area contributed by atoms with E-state index in [2.05, 4.69) is 64.0 Å². The van der Waals surface area contributed by atoms with E-state index in [1.165, 1.54) is 18.4 Å². The minimum atomic E-state index is 0.916. The van der Waals surface area contributed by atoms with Crippen LogP contribution in [-0.2, 0) is 6.42 Å². The van der Waals surface area contributed by atoms with Crippen molar-refractivity contribution < 1.29 is 0 Å². The smallest absolute Gasteiger partial charge is 0.133 e. The van der Waals surface area contributed by atoms with E-state index >= 15 is 0 Å². The summed E-state index contributed by atoms with van der Waals surface area (Å²) in [5, 5.41) is 0. The zero-order chi connectivity index (χ0) is 15.8. The van der Waals surface area contributed by atoms with Gasteiger partial charge in [0.05, 0.1) is 0 Å². The van der Waals surface area contributed by atoms with Crippen molar-refractivity contribution in [1.82, 2.24) is 15.0 Å². The van der Waals surface area contributed by atoms with Crippen LogP contribution in [0.15, 0.2) is 36.9 Å². The van der Waals surface area contributed by atoms with Gasteiger partial charge in [-0.05, 0) is 30.5 Å². The fourth-order valence-electron chi connectivity index (χ4n) is 2.23. The molecule has 5 heteroatoms. The standard InChI is InChI=1S/C17H25N5/c1-4-5-11-21(2)16-13-17(20-14-19-16)22(3)12-8-15-6-9-18-10-7-15/h6-7,9-10,13-14H,4-5,8,11-12H2,1-3H3. The molecule has 0 spiro atoms. The van der Waals surface area contributed by atoms with Gasteiger partial charge in [-0.3, -0.25) is 4.98 Å². The number of hydrogen-bond acceptors (Lipinski definition) is 5. The first kappa shape index (κ1) is 16.2. The first-order chi connectivity index (χ1) is 10.7. The predicted molar refractivity (Wildman–Crippen MR) is 91.4 cm³/mol. The van der Waals surface area contributed by atoms with Crippen molar-refractivity contribution in [2.75, 3.05) is 37.0 Å². The second kappa shape index (κ2) is 8.32. The molecular weight excluding hydrogens is 274 g/mol. The highest BCUT2D eigenvalue weighted by Gasteiger charge is 2.07. The van der Waals surface area contributed by atoms with Crippen LogP contribution in [-0.4, -0.2) is 42.1 Å². The van der Waals surface area contributed by atoms with Crippen molar-refractivity contribution in [1.29, 1.82) is 0 Å². The Bertz CT molecular complexity index is 558. The lowest BCUT2D eigenvalue weighted by Crippen LogP contribution is -2.23. The number of likely N-dealkylation sites (N-methyl/N-ethyl adjacent to an activating group) is 1. The van der Waals surface area contributed by atoms with Gasteiger partial charge in [0.1, 0.15) is 18.0 Å². The van der Waals surface area contributed by atoms with Gasteiger partial charge < -0.3 is 9.80 Å². The van der Waals surface area contributed by atoms with E-state index in [9.17, 15) is 0 Å². The molecule has 2 rings (SSSR count). The molecule has 0 aromatic carbocycles. The van der Waals surface area contributed by atoms with Gasteiger partial charge in [0.2, 0.25) is 0 Å². The minimum Gasteiger partial charge on any atom is -0.360 e. The molecule has 0 aliphatic heterocycles. The molecule has 2 aromatic rings. The third-order valence-electron chi connectivity index (χ3n) is 3.75. The second-order valence-electron chi connectivity index (χ2n) is 5.54. The van der Waals surface area contributed by atoms with Crippen LogP contribution < -0.4 is 9.80 Å². The molecule has 0 saturated carbocycles. The average molecular weight is 299 g/mol. The number of aromatic nitrogens is 3. The number of unbranched alkanes of at least 4 members (excludes halogenated alkanes) is 1. The molecule has 2 aromatic heterocycles. The van der Waals surface area contributed by atoms with Gasteiger partial charge in [-0.25, -0.2) is 9.97 Å². The van der Waals surface area contributed by atoms with Crippen molar-refractivity contribution in [2.24, 2.45) is 0 Å². The van der Waals surface area contributed by atoms with E-state index in [0.717, 1.165) is 31.1 Å². The summed E-state index contributed by atoms with van der Waals surface area (Å²) in [5.41, 5.74) is 1.29. The molecule has 22 heavy (non-hydrogen) atoms. The summed E-state index contributed by atoms with van der Waals surface area (Å²) in [5.74, 6) is 1.94. The molecular formula is C17H25N5. The Balaban J connectivity index is 1.96. The fourth-order valence-corrected chi connectivity index (χ4v) is 2.23. The highest BCUT2D eigenvalue weighted by molar-refractivity contribution is 5.49. The van der Waals surface area contributed by atoms with Gasteiger partial charge in [0.15, 0.2) is 0 Å². The quantitative estimate of drug-likeness (QED) is 0.750. The van der Waals surface area contributed by atoms with Crippen LogP contribution >= 0.6 is 0 Å². The van der Waals surface area contributed by atoms with Crippen molar-refractivity contribution >= 4 is 11.6 Å². The summed E-state index contributed by atoms with van der Waals surface area (Å²) in [6, 6.07) is 6.16. The SMILES string of the molecule is CCCCN(C)c1cc(N(C)CCc2ccncc2)ncn1. The lowest BCUT2D eigenvalue weighted by atomic mass is 10.2. The summed E-state index contributed by atoms with van der Waals surface area (Å²) in [4.78, 5) is 17.2. The van der Waals surface area contributed by atoms with Crippen LogP contribution in [0.4, 0.5) is 11.6 Å². The summed E-state index contributed by atoms with van der Waals surface area (Å²) in [6.45, 7) is 4.14. The van der Waals surface area contributed by atoms with Gasteiger partial charge in [-0.15, -0.1) is 0 Å². The van der Waals surface area contributed by atoms with E-state index in [1.54, 1.807) is 6.33 Å². The van der Waals surface area contributed by atoms with Crippen molar-refractivity contribution in [2.45, 2.75) is 26.2 Å². The molecule has 118 valence electrons. The first-order valence-corrected chi connectivity index (χ1v) is 7.84. The highest BCUT2D eigenvalue weighted by atomic mass is 15.2. The molecule has 0 bridgehead atoms. The van der Waals surface area contributed by atoms with Gasteiger partial charge in [0.25, 0.3) is 0 Å². The average Bonchev–Trinajstić information content (AvgIpc) is 2.58. The van der Waals surface area contributed by atoms with Gasteiger partial charge in [-0.2, -0.15) is 0 Å². The summed E-state index contributed by atoms with van der Waals surface area (Å²) in [7, 11) is 4.15. The number of pyridine rings is 1. The third kappa shape index (κ3) is 4.69. The number of anilines is 2. The topological polar surface area (TPSA) is 45.2 Å². The summed E-state index contributed by atoms with van der Waals surface area (Å²) in [6.07, 6.45) is 8.66. The zero-order valence-electron chi connectivity index (χ0n) is 13.7. The monoisotopic (exact) mass is 299 g/mol. The molecule has 0 amide bonds. The molecule has 0 saturated heterocycles. The van der Waals surface area contributed by atoms with Gasteiger partial charge in [-0.1, -0.05) is 13.3 Å². The third-order valence-corrected chi connectivity index (χ3v) is 3.75. The Morgan fingerprint density at radius 1 is 0.955 bits per heavy atom. The first-order valence-electron chi connectivity index (χ1n) is 7.84. The van der Waals surface area contributed by atoms with E-state index in [4.69, 9.17) is 0 Å². The summed E-state index contributed by atoms with van der Waals surface area (Å²) < 4.78 is 0. The van der Waals surface area contributed by atoms with Crippen LogP contribution in [0.1, 0.15) is 25.3 Å². The Kier molecular flexibility index (Phi) is 6.13. The Labute approximate surface area is 133 Å². The molecule has 0 atom stereocenters. The normalized spacial score (nSPS) is 10.5. The minimum absolute atomic E-state index is 0.916. The number of hydrogen-bond donors (Lipinski definition) is 0. The lowest BCUT2D eigenvalue weighted by Gasteiger charge is -2.21. The van der Waals surface area contributed by atoms with E-state index in [-0.39, 0.29) is 0 Å². The molecule has 0 aliphatic rings. The summed E-state index contributed by atoms with van der Waals surface area (Å²) >= 11 is 0. The molecule has 0 radical (unpaired) electrons. The maximum absolute atomic E-state index is 4.39. The van der Waals surface area contributed by atoms with E-state index < -0.39 is 0 Å². The van der Waals surface area contributed by atoms with E-state index in [0.29, 0.717) is 0 Å².